The Kier molecular flexibility index (Phi) is 5.81. The van der Waals surface area contributed by atoms with Crippen LogP contribution in [0.5, 0.6) is 0 Å². The van der Waals surface area contributed by atoms with Crippen LogP contribution in [0.4, 0.5) is 10.1 Å². The number of aliphatic hydroxyl groups is 1. The van der Waals surface area contributed by atoms with Crippen LogP contribution in [-0.2, 0) is 4.74 Å². The molecule has 158 valence electrons. The molecule has 0 saturated heterocycles. The van der Waals surface area contributed by atoms with Crippen LogP contribution in [-0.4, -0.2) is 35.0 Å². The van der Waals surface area contributed by atoms with E-state index in [-0.39, 0.29) is 24.0 Å². The van der Waals surface area contributed by atoms with Crippen molar-refractivity contribution >= 4 is 34.4 Å². The summed E-state index contributed by atoms with van der Waals surface area (Å²) in [6.07, 6.45) is 0.733. The van der Waals surface area contributed by atoms with E-state index in [1.807, 2.05) is 12.3 Å². The van der Waals surface area contributed by atoms with Crippen LogP contribution in [0.15, 0.2) is 59.7 Å². The van der Waals surface area contributed by atoms with Gasteiger partial charge < -0.3 is 14.7 Å². The molecular formula is C23H20FN3O3S. The summed E-state index contributed by atoms with van der Waals surface area (Å²) in [4.78, 5) is 18.3. The summed E-state index contributed by atoms with van der Waals surface area (Å²) >= 11 is 1.30. The van der Waals surface area contributed by atoms with Gasteiger partial charge in [0.05, 0.1) is 30.0 Å². The second-order valence-electron chi connectivity index (χ2n) is 6.99. The number of carbonyl (C=O) groups is 1. The lowest BCUT2D eigenvalue weighted by atomic mass is 10.1. The Morgan fingerprint density at radius 1 is 1.29 bits per heavy atom. The Morgan fingerprint density at radius 3 is 2.81 bits per heavy atom. The van der Waals surface area contributed by atoms with Crippen molar-refractivity contribution in [3.8, 4) is 11.3 Å². The van der Waals surface area contributed by atoms with Gasteiger partial charge in [-0.3, -0.25) is 5.41 Å². The van der Waals surface area contributed by atoms with Crippen LogP contribution in [0.3, 0.4) is 0 Å². The number of ether oxygens (including phenoxy) is 1. The van der Waals surface area contributed by atoms with E-state index in [1.54, 1.807) is 41.3 Å². The number of rotatable bonds is 6. The number of amidine groups is 1. The number of esters is 1. The van der Waals surface area contributed by atoms with Crippen LogP contribution in [0.2, 0.25) is 0 Å². The number of halogens is 1. The molecule has 0 atom stereocenters. The molecule has 8 heteroatoms. The average molecular weight is 437 g/mol. The first-order chi connectivity index (χ1) is 15.0. The van der Waals surface area contributed by atoms with E-state index in [9.17, 15) is 14.3 Å². The molecule has 2 N–H and O–H groups in total. The third-order valence-corrected chi connectivity index (χ3v) is 5.65. The third kappa shape index (κ3) is 4.20. The molecule has 0 spiro atoms. The number of benzene rings is 2. The minimum atomic E-state index is -0.421. The highest BCUT2D eigenvalue weighted by atomic mass is 32.1. The van der Waals surface area contributed by atoms with E-state index in [0.717, 1.165) is 12.0 Å². The fourth-order valence-electron chi connectivity index (χ4n) is 3.25. The molecule has 4 rings (SSSR count). The number of thiazole rings is 1. The van der Waals surface area contributed by atoms with Gasteiger partial charge in [0.2, 0.25) is 0 Å². The van der Waals surface area contributed by atoms with Crippen LogP contribution in [0.1, 0.15) is 28.7 Å². The summed E-state index contributed by atoms with van der Waals surface area (Å²) in [7, 11) is 0. The summed E-state index contributed by atoms with van der Waals surface area (Å²) < 4.78 is 18.4. The van der Waals surface area contributed by atoms with Gasteiger partial charge in [-0.15, -0.1) is 11.3 Å². The van der Waals surface area contributed by atoms with E-state index >= 15 is 0 Å². The summed E-state index contributed by atoms with van der Waals surface area (Å²) in [6.45, 7) is 2.37. The lowest BCUT2D eigenvalue weighted by Crippen LogP contribution is -2.26. The van der Waals surface area contributed by atoms with Crippen molar-refractivity contribution in [3.63, 3.8) is 0 Å². The van der Waals surface area contributed by atoms with E-state index in [4.69, 9.17) is 10.1 Å². The van der Waals surface area contributed by atoms with Crippen molar-refractivity contribution in [3.05, 3.63) is 76.1 Å². The standard InChI is InChI=1S/C23H20FN3O3S/c1-2-10-30-23(29)15-4-3-5-17(11-15)27-12-19(28)20(21(27)25)22-26-18(13-31-22)14-6-8-16(24)9-7-14/h3-9,11,13,25,28H,2,10,12H2,1H3. The maximum atomic E-state index is 13.2. The SMILES string of the molecule is CCCOC(=O)c1cccc(N2CC(O)=C(c3nc(-c4ccc(F)cc4)cs3)C2=N)c1. The Bertz CT molecular complexity index is 1170. The maximum Gasteiger partial charge on any atom is 0.338 e. The average Bonchev–Trinajstić information content (AvgIpc) is 3.36. The molecule has 0 aliphatic carbocycles. The second-order valence-corrected chi connectivity index (χ2v) is 7.85. The first-order valence-electron chi connectivity index (χ1n) is 9.75. The Balaban J connectivity index is 1.57. The van der Waals surface area contributed by atoms with Gasteiger partial charge in [0.1, 0.15) is 22.4 Å². The zero-order valence-corrected chi connectivity index (χ0v) is 17.6. The van der Waals surface area contributed by atoms with Crippen molar-refractivity contribution < 1.29 is 19.0 Å². The first-order valence-corrected chi connectivity index (χ1v) is 10.6. The van der Waals surface area contributed by atoms with Crippen molar-refractivity contribution in [1.29, 1.82) is 5.41 Å². The van der Waals surface area contributed by atoms with Gasteiger partial charge in [0, 0.05) is 16.6 Å². The molecule has 31 heavy (non-hydrogen) atoms. The predicted octanol–water partition coefficient (Wildman–Crippen LogP) is 5.28. The Hall–Kier alpha value is -3.52. The number of aromatic nitrogens is 1. The zero-order chi connectivity index (χ0) is 22.0. The van der Waals surface area contributed by atoms with E-state index in [0.29, 0.717) is 34.1 Å². The molecule has 3 aromatic rings. The van der Waals surface area contributed by atoms with Gasteiger partial charge in [0.15, 0.2) is 0 Å². The smallest absolute Gasteiger partial charge is 0.338 e. The van der Waals surface area contributed by atoms with E-state index < -0.39 is 5.97 Å². The highest BCUT2D eigenvalue weighted by Gasteiger charge is 2.31. The number of aliphatic hydroxyl groups excluding tert-OH is 1. The van der Waals surface area contributed by atoms with Crippen LogP contribution in [0.25, 0.3) is 16.8 Å². The molecule has 2 heterocycles. The first kappa shape index (κ1) is 20.7. The molecule has 0 unspecified atom stereocenters. The molecule has 0 amide bonds. The van der Waals surface area contributed by atoms with E-state index in [2.05, 4.69) is 4.98 Å². The lowest BCUT2D eigenvalue weighted by Gasteiger charge is -2.19. The minimum Gasteiger partial charge on any atom is -0.510 e. The number of nitrogens with one attached hydrogen (secondary N) is 1. The molecule has 0 saturated carbocycles. The quantitative estimate of drug-likeness (QED) is 0.512. The van der Waals surface area contributed by atoms with Crippen molar-refractivity contribution in [1.82, 2.24) is 4.98 Å². The van der Waals surface area contributed by atoms with Gasteiger partial charge >= 0.3 is 5.97 Å². The maximum absolute atomic E-state index is 13.2. The molecular weight excluding hydrogens is 417 g/mol. The molecule has 1 aliphatic heterocycles. The van der Waals surface area contributed by atoms with Crippen LogP contribution in [0, 0.1) is 11.2 Å². The topological polar surface area (TPSA) is 86.5 Å². The van der Waals surface area contributed by atoms with Crippen LogP contribution < -0.4 is 4.90 Å². The third-order valence-electron chi connectivity index (χ3n) is 4.79. The van der Waals surface area contributed by atoms with Gasteiger partial charge in [0.25, 0.3) is 0 Å². The zero-order valence-electron chi connectivity index (χ0n) is 16.8. The van der Waals surface area contributed by atoms with Crippen molar-refractivity contribution in [2.24, 2.45) is 0 Å². The molecule has 1 aromatic heterocycles. The van der Waals surface area contributed by atoms with Gasteiger partial charge in [-0.05, 0) is 48.9 Å². The highest BCUT2D eigenvalue weighted by Crippen LogP contribution is 2.34. The largest absolute Gasteiger partial charge is 0.510 e. The molecule has 6 nitrogen and oxygen atoms in total. The Morgan fingerprint density at radius 2 is 2.06 bits per heavy atom. The molecule has 1 aliphatic rings. The summed E-state index contributed by atoms with van der Waals surface area (Å²) in [6, 6.07) is 12.8. The normalized spacial score (nSPS) is 13.7. The molecule has 0 fully saturated rings. The second kappa shape index (κ2) is 8.69. The minimum absolute atomic E-state index is 0.0315. The van der Waals surface area contributed by atoms with Gasteiger partial charge in [-0.1, -0.05) is 13.0 Å². The van der Waals surface area contributed by atoms with Crippen molar-refractivity contribution in [2.45, 2.75) is 13.3 Å². The predicted molar refractivity (Wildman–Crippen MR) is 119 cm³/mol. The fraction of sp³-hybridized carbons (Fsp3) is 0.174. The van der Waals surface area contributed by atoms with E-state index in [1.165, 1.54) is 23.5 Å². The molecule has 0 bridgehead atoms. The van der Waals surface area contributed by atoms with Crippen molar-refractivity contribution in [2.75, 3.05) is 18.1 Å². The van der Waals surface area contributed by atoms with Gasteiger partial charge in [-0.25, -0.2) is 14.2 Å². The summed E-state index contributed by atoms with van der Waals surface area (Å²) in [5.41, 5.74) is 2.74. The van der Waals surface area contributed by atoms with Crippen LogP contribution >= 0.6 is 11.3 Å². The number of carbonyl (C=O) groups excluding carboxylic acids is 1. The molecule has 0 radical (unpaired) electrons. The number of nitrogens with zero attached hydrogens (tertiary/aromatic N) is 2. The lowest BCUT2D eigenvalue weighted by molar-refractivity contribution is 0.0505. The summed E-state index contributed by atoms with van der Waals surface area (Å²) in [5.74, 6) is -0.621. The van der Waals surface area contributed by atoms with Gasteiger partial charge in [-0.2, -0.15) is 0 Å². The number of hydrogen-bond acceptors (Lipinski definition) is 6. The highest BCUT2D eigenvalue weighted by molar-refractivity contribution is 7.11. The number of hydrogen-bond donors (Lipinski definition) is 2. The Labute approximate surface area is 182 Å². The fourth-order valence-corrected chi connectivity index (χ4v) is 4.14. The number of anilines is 1. The monoisotopic (exact) mass is 437 g/mol. The molecule has 2 aromatic carbocycles. The summed E-state index contributed by atoms with van der Waals surface area (Å²) in [5, 5.41) is 21.5.